The van der Waals surface area contributed by atoms with E-state index in [4.69, 9.17) is 0 Å². The molecule has 2 aliphatic rings. The van der Waals surface area contributed by atoms with E-state index in [9.17, 15) is 9.59 Å². The topological polar surface area (TPSA) is 49.4 Å². The summed E-state index contributed by atoms with van der Waals surface area (Å²) in [6.45, 7) is 7.51. The molecule has 4 nitrogen and oxygen atoms in total. The first-order valence-electron chi connectivity index (χ1n) is 11.6. The van der Waals surface area contributed by atoms with Crippen molar-refractivity contribution in [1.29, 1.82) is 0 Å². The lowest BCUT2D eigenvalue weighted by molar-refractivity contribution is -0.141. The molecule has 31 heavy (non-hydrogen) atoms. The third-order valence-corrected chi connectivity index (χ3v) is 6.79. The molecule has 1 aliphatic carbocycles. The Hall–Kier alpha value is -2.62. The minimum Gasteiger partial charge on any atom is -0.353 e. The van der Waals surface area contributed by atoms with Gasteiger partial charge in [-0.1, -0.05) is 48.5 Å². The molecule has 1 N–H and O–H groups in total. The van der Waals surface area contributed by atoms with E-state index in [1.54, 1.807) is 0 Å². The van der Waals surface area contributed by atoms with Gasteiger partial charge in [0.05, 0.1) is 5.41 Å². The minimum absolute atomic E-state index is 0.105. The van der Waals surface area contributed by atoms with Crippen LogP contribution < -0.4 is 5.32 Å². The van der Waals surface area contributed by atoms with Gasteiger partial charge in [0.25, 0.3) is 0 Å². The zero-order valence-electron chi connectivity index (χ0n) is 19.0. The second kappa shape index (κ2) is 8.86. The Morgan fingerprint density at radius 2 is 1.77 bits per heavy atom. The average molecular weight is 419 g/mol. The largest absolute Gasteiger partial charge is 0.353 e. The van der Waals surface area contributed by atoms with E-state index in [-0.39, 0.29) is 17.9 Å². The summed E-state index contributed by atoms with van der Waals surface area (Å²) >= 11 is 0. The normalized spacial score (nSPS) is 18.1. The van der Waals surface area contributed by atoms with Crippen LogP contribution in [0.2, 0.25) is 0 Å². The summed E-state index contributed by atoms with van der Waals surface area (Å²) in [5, 5.41) is 3.17. The van der Waals surface area contributed by atoms with Crippen molar-refractivity contribution in [3.05, 3.63) is 59.7 Å². The first-order chi connectivity index (χ1) is 14.9. The third kappa shape index (κ3) is 4.84. The molecule has 2 fully saturated rings. The number of likely N-dealkylation sites (tertiary alicyclic amines) is 1. The Morgan fingerprint density at radius 3 is 2.42 bits per heavy atom. The summed E-state index contributed by atoms with van der Waals surface area (Å²) in [6, 6.07) is 17.1. The van der Waals surface area contributed by atoms with Crippen LogP contribution in [0.4, 0.5) is 0 Å². The van der Waals surface area contributed by atoms with Gasteiger partial charge in [0.2, 0.25) is 11.8 Å². The molecule has 164 valence electrons. The fourth-order valence-corrected chi connectivity index (χ4v) is 4.78. The lowest BCUT2D eigenvalue weighted by atomic mass is 9.72. The highest BCUT2D eigenvalue weighted by molar-refractivity contribution is 5.85. The first-order valence-corrected chi connectivity index (χ1v) is 11.6. The molecule has 0 spiro atoms. The number of nitrogens with one attached hydrogen (secondary N) is 1. The van der Waals surface area contributed by atoms with E-state index >= 15 is 0 Å². The maximum atomic E-state index is 13.4. The molecule has 2 aromatic carbocycles. The molecule has 1 saturated carbocycles. The highest BCUT2D eigenvalue weighted by Crippen LogP contribution is 2.39. The first kappa shape index (κ1) is 21.6. The lowest BCUT2D eigenvalue weighted by Crippen LogP contribution is -2.52. The molecular weight excluding hydrogens is 384 g/mol. The quantitative estimate of drug-likeness (QED) is 0.736. The molecule has 0 bridgehead atoms. The van der Waals surface area contributed by atoms with Crippen LogP contribution in [0.5, 0.6) is 0 Å². The van der Waals surface area contributed by atoms with Gasteiger partial charge >= 0.3 is 0 Å². The van der Waals surface area contributed by atoms with Gasteiger partial charge < -0.3 is 10.2 Å². The predicted octanol–water partition coefficient (Wildman–Crippen LogP) is 4.75. The number of aryl methyl sites for hydroxylation is 1. The Bertz CT molecular complexity index is 953. The second-order valence-corrected chi connectivity index (χ2v) is 9.70. The van der Waals surface area contributed by atoms with E-state index in [1.807, 2.05) is 18.7 Å². The van der Waals surface area contributed by atoms with Crippen molar-refractivity contribution in [2.45, 2.75) is 58.9 Å². The number of carbonyl (C=O) groups is 2. The van der Waals surface area contributed by atoms with Crippen molar-refractivity contribution in [3.63, 3.8) is 0 Å². The predicted molar refractivity (Wildman–Crippen MR) is 125 cm³/mol. The van der Waals surface area contributed by atoms with Gasteiger partial charge in [-0.15, -0.1) is 0 Å². The fraction of sp³-hybridized carbons (Fsp3) is 0.481. The van der Waals surface area contributed by atoms with E-state index in [2.05, 4.69) is 60.8 Å². The number of carbonyl (C=O) groups excluding carboxylic acids is 2. The molecular formula is C27H34N2O2. The summed E-state index contributed by atoms with van der Waals surface area (Å²) in [7, 11) is 0. The summed E-state index contributed by atoms with van der Waals surface area (Å²) in [4.78, 5) is 27.9. The molecule has 1 heterocycles. The van der Waals surface area contributed by atoms with Crippen LogP contribution in [-0.2, 0) is 16.0 Å². The lowest BCUT2D eigenvalue weighted by Gasteiger charge is -2.41. The second-order valence-electron chi connectivity index (χ2n) is 9.70. The molecule has 4 heteroatoms. The monoisotopic (exact) mass is 418 g/mol. The number of hydrogen-bond donors (Lipinski definition) is 1. The van der Waals surface area contributed by atoms with Crippen LogP contribution in [0.3, 0.4) is 0 Å². The highest BCUT2D eigenvalue weighted by atomic mass is 16.2. The molecule has 0 radical (unpaired) electrons. The number of amides is 2. The van der Waals surface area contributed by atoms with Crippen LogP contribution in [0, 0.1) is 18.3 Å². The number of benzene rings is 2. The summed E-state index contributed by atoms with van der Waals surface area (Å²) < 4.78 is 0. The van der Waals surface area contributed by atoms with Gasteiger partial charge in [-0.05, 0) is 75.1 Å². The number of piperidine rings is 1. The van der Waals surface area contributed by atoms with E-state index in [1.165, 1.54) is 22.3 Å². The summed E-state index contributed by atoms with van der Waals surface area (Å²) in [5.41, 5.74) is 4.39. The Morgan fingerprint density at radius 1 is 1.06 bits per heavy atom. The zero-order chi connectivity index (χ0) is 22.0. The van der Waals surface area contributed by atoms with E-state index in [0.717, 1.165) is 25.7 Å². The molecule has 2 aromatic rings. The number of hydrogen-bond acceptors (Lipinski definition) is 2. The van der Waals surface area contributed by atoms with Gasteiger partial charge in [-0.25, -0.2) is 0 Å². The van der Waals surface area contributed by atoms with E-state index < -0.39 is 5.41 Å². The molecule has 0 atom stereocenters. The third-order valence-electron chi connectivity index (χ3n) is 6.79. The summed E-state index contributed by atoms with van der Waals surface area (Å²) in [5.74, 6) is 0.657. The van der Waals surface area contributed by atoms with Crippen LogP contribution in [0.15, 0.2) is 48.5 Å². The minimum atomic E-state index is -0.463. The average Bonchev–Trinajstić information content (AvgIpc) is 3.59. The van der Waals surface area contributed by atoms with Crippen LogP contribution in [-0.4, -0.2) is 35.8 Å². The molecule has 4 rings (SSSR count). The number of nitrogens with zero attached hydrogens (tertiary/aromatic N) is 1. The van der Waals surface area contributed by atoms with Crippen LogP contribution in [0.1, 0.15) is 50.7 Å². The smallest absolute Gasteiger partial charge is 0.226 e. The van der Waals surface area contributed by atoms with Crippen molar-refractivity contribution in [1.82, 2.24) is 10.2 Å². The van der Waals surface area contributed by atoms with Crippen LogP contribution >= 0.6 is 0 Å². The molecule has 0 aromatic heterocycles. The Kier molecular flexibility index (Phi) is 6.17. The van der Waals surface area contributed by atoms with Gasteiger partial charge in [-0.3, -0.25) is 9.59 Å². The van der Waals surface area contributed by atoms with Crippen molar-refractivity contribution in [2.24, 2.45) is 11.3 Å². The van der Waals surface area contributed by atoms with Crippen molar-refractivity contribution in [2.75, 3.05) is 13.1 Å². The molecule has 0 unspecified atom stereocenters. The molecule has 1 saturated heterocycles. The maximum Gasteiger partial charge on any atom is 0.226 e. The van der Waals surface area contributed by atoms with Crippen molar-refractivity contribution >= 4 is 11.8 Å². The van der Waals surface area contributed by atoms with Crippen molar-refractivity contribution < 1.29 is 9.59 Å². The fourth-order valence-electron chi connectivity index (χ4n) is 4.78. The molecule has 1 aliphatic heterocycles. The van der Waals surface area contributed by atoms with Crippen molar-refractivity contribution in [3.8, 4) is 11.1 Å². The standard InChI is InChI=1S/C27H34N2O2/c1-19(2)28-26(31)27(13-15-29(16-14-27)25(30)22-11-12-22)18-21-8-6-9-23(17-21)24-10-5-4-7-20(24)3/h4-10,17,19,22H,11-16,18H2,1-3H3,(H,28,31). The zero-order valence-corrected chi connectivity index (χ0v) is 19.0. The van der Waals surface area contributed by atoms with Crippen LogP contribution in [0.25, 0.3) is 11.1 Å². The van der Waals surface area contributed by atoms with Gasteiger partial charge in [0, 0.05) is 25.0 Å². The van der Waals surface area contributed by atoms with Gasteiger partial charge in [0.1, 0.15) is 0 Å². The van der Waals surface area contributed by atoms with Gasteiger partial charge in [-0.2, -0.15) is 0 Å². The Balaban J connectivity index is 1.57. The highest BCUT2D eigenvalue weighted by Gasteiger charge is 2.44. The number of rotatable bonds is 6. The molecule has 2 amide bonds. The maximum absolute atomic E-state index is 13.4. The summed E-state index contributed by atoms with van der Waals surface area (Å²) in [6.07, 6.45) is 4.20. The Labute approximate surface area is 186 Å². The SMILES string of the molecule is Cc1ccccc1-c1cccc(CC2(C(=O)NC(C)C)CCN(C(=O)C3CC3)CC2)c1. The van der Waals surface area contributed by atoms with Gasteiger partial charge in [0.15, 0.2) is 0 Å². The van der Waals surface area contributed by atoms with E-state index in [0.29, 0.717) is 25.4 Å².